The van der Waals surface area contributed by atoms with E-state index in [9.17, 15) is 39.9 Å². The van der Waals surface area contributed by atoms with E-state index in [1.54, 1.807) is 0 Å². The number of hydrogen-bond donors (Lipinski definition) is 8. The van der Waals surface area contributed by atoms with Crippen molar-refractivity contribution in [3.63, 3.8) is 0 Å². The minimum atomic E-state index is -1.67. The highest BCUT2D eigenvalue weighted by Crippen LogP contribution is 2.23. The number of aliphatic hydroxyl groups is 5. The van der Waals surface area contributed by atoms with Crippen molar-refractivity contribution in [2.45, 2.75) is 210 Å². The van der Waals surface area contributed by atoms with Gasteiger partial charge in [0, 0.05) is 25.8 Å². The standard InChI is InChI=1S/C38H72N2O11/c1-3-5-7-9-10-11-12-13-14-15-17-18-22-29(41)34(46)28(40-32(43)24-19-16-8-6-4-2)27-50-38-37(49)36(48)35(47)30(51-38)26-39-31(42)23-20-21-25-33(44)45/h28-30,34-38,41,46-49H,3-27H2,1-2H3,(H,39,42)(H,40,43)(H,44,45)/t28-,29+,30?,34-,35?,36?,37?,38?/m0/s1. The summed E-state index contributed by atoms with van der Waals surface area (Å²) < 4.78 is 11.5. The van der Waals surface area contributed by atoms with Crippen LogP contribution in [0.25, 0.3) is 0 Å². The van der Waals surface area contributed by atoms with E-state index in [0.29, 0.717) is 25.7 Å². The summed E-state index contributed by atoms with van der Waals surface area (Å²) in [4.78, 5) is 35.7. The average molecular weight is 733 g/mol. The molecule has 0 radical (unpaired) electrons. The maximum Gasteiger partial charge on any atom is 0.303 e. The molecule has 1 aliphatic heterocycles. The fourth-order valence-corrected chi connectivity index (χ4v) is 6.31. The Kier molecular flexibility index (Phi) is 27.3. The molecule has 5 unspecified atom stereocenters. The van der Waals surface area contributed by atoms with Crippen molar-refractivity contribution in [1.29, 1.82) is 0 Å². The molecule has 1 fully saturated rings. The summed E-state index contributed by atoms with van der Waals surface area (Å²) in [6.45, 7) is 3.77. The van der Waals surface area contributed by atoms with Crippen molar-refractivity contribution >= 4 is 17.8 Å². The zero-order valence-corrected chi connectivity index (χ0v) is 31.5. The summed E-state index contributed by atoms with van der Waals surface area (Å²) in [5.41, 5.74) is 0. The molecule has 1 saturated heterocycles. The number of rotatable bonds is 32. The number of nitrogens with one attached hydrogen (secondary N) is 2. The summed E-state index contributed by atoms with van der Waals surface area (Å²) in [7, 11) is 0. The van der Waals surface area contributed by atoms with Gasteiger partial charge in [-0.1, -0.05) is 117 Å². The Bertz CT molecular complexity index is 911. The van der Waals surface area contributed by atoms with Gasteiger partial charge >= 0.3 is 5.97 Å². The van der Waals surface area contributed by atoms with Gasteiger partial charge in [-0.25, -0.2) is 0 Å². The number of unbranched alkanes of at least 4 members (excludes halogenated alkanes) is 16. The first-order valence-electron chi connectivity index (χ1n) is 20.0. The van der Waals surface area contributed by atoms with Crippen LogP contribution in [0.5, 0.6) is 0 Å². The SMILES string of the molecule is CCCCCCCCCCCCCC[C@@H](O)[C@@H](O)[C@H](COC1OC(CNC(=O)CCCCC(=O)O)C(O)C(O)C1O)NC(=O)CCCCCCC. The van der Waals surface area contributed by atoms with Gasteiger partial charge in [-0.15, -0.1) is 0 Å². The number of carboxylic acid groups (broad SMARTS) is 1. The third-order valence-corrected chi connectivity index (χ3v) is 9.67. The van der Waals surface area contributed by atoms with Crippen molar-refractivity contribution in [2.75, 3.05) is 13.2 Å². The van der Waals surface area contributed by atoms with E-state index >= 15 is 0 Å². The zero-order valence-electron chi connectivity index (χ0n) is 31.5. The van der Waals surface area contributed by atoms with E-state index < -0.39 is 60.8 Å². The van der Waals surface area contributed by atoms with Gasteiger partial charge in [0.25, 0.3) is 0 Å². The quantitative estimate of drug-likeness (QED) is 0.0458. The van der Waals surface area contributed by atoms with Crippen molar-refractivity contribution in [2.24, 2.45) is 0 Å². The highest BCUT2D eigenvalue weighted by Gasteiger charge is 2.45. The van der Waals surface area contributed by atoms with E-state index in [2.05, 4.69) is 24.5 Å². The third kappa shape index (κ3) is 22.1. The minimum Gasteiger partial charge on any atom is -0.481 e. The van der Waals surface area contributed by atoms with Gasteiger partial charge in [-0.2, -0.15) is 0 Å². The second-order valence-electron chi connectivity index (χ2n) is 14.3. The number of amides is 2. The maximum atomic E-state index is 12.8. The molecular formula is C38H72N2O11. The molecule has 1 aliphatic rings. The molecule has 51 heavy (non-hydrogen) atoms. The van der Waals surface area contributed by atoms with Gasteiger partial charge in [-0.05, 0) is 25.7 Å². The number of hydrogen-bond acceptors (Lipinski definition) is 10. The molecule has 8 N–H and O–H groups in total. The largest absolute Gasteiger partial charge is 0.481 e. The Morgan fingerprint density at radius 2 is 1.14 bits per heavy atom. The number of aliphatic hydroxyl groups excluding tert-OH is 5. The fraction of sp³-hybridized carbons (Fsp3) is 0.921. The summed E-state index contributed by atoms with van der Waals surface area (Å²) >= 11 is 0. The fourth-order valence-electron chi connectivity index (χ4n) is 6.31. The van der Waals surface area contributed by atoms with Crippen LogP contribution in [0.2, 0.25) is 0 Å². The molecule has 1 heterocycles. The molecule has 300 valence electrons. The van der Waals surface area contributed by atoms with Gasteiger partial charge in [0.2, 0.25) is 11.8 Å². The van der Waals surface area contributed by atoms with Gasteiger partial charge < -0.3 is 50.7 Å². The molecule has 13 heteroatoms. The summed E-state index contributed by atoms with van der Waals surface area (Å²) in [6.07, 6.45) is 10.2. The smallest absolute Gasteiger partial charge is 0.303 e. The summed E-state index contributed by atoms with van der Waals surface area (Å²) in [5, 5.41) is 67.7. The molecule has 13 nitrogen and oxygen atoms in total. The lowest BCUT2D eigenvalue weighted by Gasteiger charge is -2.41. The van der Waals surface area contributed by atoms with Crippen LogP contribution in [0.3, 0.4) is 0 Å². The Labute approximate surface area is 306 Å². The molecule has 0 aliphatic carbocycles. The number of carbonyl (C=O) groups excluding carboxylic acids is 2. The van der Waals surface area contributed by atoms with E-state index in [1.807, 2.05) is 0 Å². The molecular weight excluding hydrogens is 660 g/mol. The second kappa shape index (κ2) is 29.6. The van der Waals surface area contributed by atoms with E-state index in [4.69, 9.17) is 14.6 Å². The lowest BCUT2D eigenvalue weighted by Crippen LogP contribution is -2.61. The first-order chi connectivity index (χ1) is 24.5. The second-order valence-corrected chi connectivity index (χ2v) is 14.3. The summed E-state index contributed by atoms with van der Waals surface area (Å²) in [5.74, 6) is -1.64. The molecule has 1 rings (SSSR count). The van der Waals surface area contributed by atoms with Crippen LogP contribution in [0.4, 0.5) is 0 Å². The van der Waals surface area contributed by atoms with Crippen molar-refractivity contribution < 1.29 is 54.5 Å². The van der Waals surface area contributed by atoms with Crippen molar-refractivity contribution in [3.05, 3.63) is 0 Å². The monoisotopic (exact) mass is 733 g/mol. The maximum absolute atomic E-state index is 12.8. The van der Waals surface area contributed by atoms with E-state index in [1.165, 1.54) is 51.4 Å². The number of aliphatic carboxylic acids is 1. The molecule has 0 bridgehead atoms. The number of carboxylic acids is 1. The van der Waals surface area contributed by atoms with E-state index in [0.717, 1.165) is 51.4 Å². The predicted octanol–water partition coefficient (Wildman–Crippen LogP) is 4.23. The Morgan fingerprint density at radius 1 is 0.647 bits per heavy atom. The first-order valence-corrected chi connectivity index (χ1v) is 20.0. The van der Waals surface area contributed by atoms with E-state index in [-0.39, 0.29) is 38.3 Å². The third-order valence-electron chi connectivity index (χ3n) is 9.67. The van der Waals surface area contributed by atoms with Crippen LogP contribution in [0.15, 0.2) is 0 Å². The molecule has 0 spiro atoms. The first kappa shape index (κ1) is 47.2. The number of carbonyl (C=O) groups is 3. The molecule has 8 atom stereocenters. The molecule has 0 aromatic carbocycles. The van der Waals surface area contributed by atoms with Crippen molar-refractivity contribution in [1.82, 2.24) is 10.6 Å². The van der Waals surface area contributed by atoms with Crippen molar-refractivity contribution in [3.8, 4) is 0 Å². The van der Waals surface area contributed by atoms with Gasteiger partial charge in [0.05, 0.1) is 18.8 Å². The highest BCUT2D eigenvalue weighted by atomic mass is 16.7. The van der Waals surface area contributed by atoms with Crippen LogP contribution in [0.1, 0.15) is 162 Å². The zero-order chi connectivity index (χ0) is 37.9. The lowest BCUT2D eigenvalue weighted by molar-refractivity contribution is -0.297. The van der Waals surface area contributed by atoms with Gasteiger partial charge in [0.1, 0.15) is 30.5 Å². The van der Waals surface area contributed by atoms with Gasteiger partial charge in [-0.3, -0.25) is 14.4 Å². The molecule has 0 saturated carbocycles. The normalized spacial score (nSPS) is 22.3. The Morgan fingerprint density at radius 3 is 1.71 bits per heavy atom. The summed E-state index contributed by atoms with van der Waals surface area (Å²) in [6, 6.07) is -1.04. The Balaban J connectivity index is 2.67. The number of ether oxygens (including phenoxy) is 2. The van der Waals surface area contributed by atoms with Crippen LogP contribution < -0.4 is 10.6 Å². The average Bonchev–Trinajstić information content (AvgIpc) is 3.10. The highest BCUT2D eigenvalue weighted by molar-refractivity contribution is 5.76. The van der Waals surface area contributed by atoms with Crippen LogP contribution in [-0.4, -0.2) is 111 Å². The molecule has 0 aromatic heterocycles. The van der Waals surface area contributed by atoms with Gasteiger partial charge in [0.15, 0.2) is 6.29 Å². The van der Waals surface area contributed by atoms with Crippen LogP contribution in [-0.2, 0) is 23.9 Å². The lowest BCUT2D eigenvalue weighted by atomic mass is 9.98. The minimum absolute atomic E-state index is 0.0492. The molecule has 0 aromatic rings. The topological polar surface area (TPSA) is 215 Å². The van der Waals surface area contributed by atoms with Crippen LogP contribution >= 0.6 is 0 Å². The Hall–Kier alpha value is -1.87. The predicted molar refractivity (Wildman–Crippen MR) is 195 cm³/mol. The molecule has 2 amide bonds. The van der Waals surface area contributed by atoms with Crippen LogP contribution in [0, 0.1) is 0 Å².